The van der Waals surface area contributed by atoms with E-state index in [0.29, 0.717) is 24.7 Å². The average Bonchev–Trinajstić information content (AvgIpc) is 2.85. The highest BCUT2D eigenvalue weighted by molar-refractivity contribution is 5.80. The Hall–Kier alpha value is -1.06. The van der Waals surface area contributed by atoms with Crippen LogP contribution in [-0.2, 0) is 9.59 Å². The first-order valence-electron chi connectivity index (χ1n) is 10.7. The Morgan fingerprint density at radius 3 is 1.28 bits per heavy atom. The van der Waals surface area contributed by atoms with Gasteiger partial charge >= 0.3 is 0 Å². The van der Waals surface area contributed by atoms with Crippen LogP contribution in [0, 0.1) is 5.41 Å². The molecule has 2 saturated heterocycles. The summed E-state index contributed by atoms with van der Waals surface area (Å²) in [4.78, 5) is 30.0. The molecule has 2 aliphatic heterocycles. The average molecular weight is 349 g/mol. The fourth-order valence-corrected chi connectivity index (χ4v) is 5.05. The standard InChI is InChI=1S/C21H36N2O2/c24-19(22-13-7-1-2-8-14-22)17-21(11-5-6-12-21)18-20(25)23-15-9-3-4-10-16-23/h1-18H2. The fourth-order valence-electron chi connectivity index (χ4n) is 5.05. The maximum atomic E-state index is 12.9. The molecule has 0 spiro atoms. The molecule has 0 N–H and O–H groups in total. The van der Waals surface area contributed by atoms with E-state index in [4.69, 9.17) is 0 Å². The number of likely N-dealkylation sites (tertiary alicyclic amines) is 2. The van der Waals surface area contributed by atoms with Crippen LogP contribution in [0.4, 0.5) is 0 Å². The number of hydrogen-bond acceptors (Lipinski definition) is 2. The number of rotatable bonds is 4. The van der Waals surface area contributed by atoms with Crippen molar-refractivity contribution in [2.24, 2.45) is 5.41 Å². The Bertz CT molecular complexity index is 405. The van der Waals surface area contributed by atoms with Gasteiger partial charge in [-0.25, -0.2) is 0 Å². The molecule has 142 valence electrons. The van der Waals surface area contributed by atoms with Gasteiger partial charge in [-0.1, -0.05) is 38.5 Å². The molecule has 4 nitrogen and oxygen atoms in total. The molecule has 0 bridgehead atoms. The van der Waals surface area contributed by atoms with Crippen molar-refractivity contribution in [2.75, 3.05) is 26.2 Å². The molecule has 25 heavy (non-hydrogen) atoms. The summed E-state index contributed by atoms with van der Waals surface area (Å²) < 4.78 is 0. The smallest absolute Gasteiger partial charge is 0.223 e. The number of hydrogen-bond donors (Lipinski definition) is 0. The zero-order chi connectivity index (χ0) is 17.5. The van der Waals surface area contributed by atoms with Gasteiger partial charge in [0, 0.05) is 39.0 Å². The SMILES string of the molecule is O=C(CC1(CC(=O)N2CCCCCC2)CCCC1)N1CCCCCC1. The summed E-state index contributed by atoms with van der Waals surface area (Å²) in [5, 5.41) is 0. The lowest BCUT2D eigenvalue weighted by atomic mass is 9.78. The lowest BCUT2D eigenvalue weighted by molar-refractivity contribution is -0.137. The minimum Gasteiger partial charge on any atom is -0.343 e. The molecule has 3 rings (SSSR count). The normalized spacial score (nSPS) is 24.6. The largest absolute Gasteiger partial charge is 0.343 e. The first kappa shape index (κ1) is 18.7. The van der Waals surface area contributed by atoms with Crippen LogP contribution in [0.5, 0.6) is 0 Å². The molecule has 2 amide bonds. The Balaban J connectivity index is 1.60. The summed E-state index contributed by atoms with van der Waals surface area (Å²) >= 11 is 0. The summed E-state index contributed by atoms with van der Waals surface area (Å²) in [7, 11) is 0. The molecule has 2 heterocycles. The zero-order valence-electron chi connectivity index (χ0n) is 15.9. The third kappa shape index (κ3) is 5.21. The van der Waals surface area contributed by atoms with E-state index >= 15 is 0 Å². The Morgan fingerprint density at radius 1 is 0.560 bits per heavy atom. The van der Waals surface area contributed by atoms with Gasteiger partial charge in [0.05, 0.1) is 0 Å². The van der Waals surface area contributed by atoms with E-state index in [-0.39, 0.29) is 5.41 Å². The predicted molar refractivity (Wildman–Crippen MR) is 100 cm³/mol. The number of carbonyl (C=O) groups excluding carboxylic acids is 2. The number of amides is 2. The van der Waals surface area contributed by atoms with E-state index in [9.17, 15) is 9.59 Å². The van der Waals surface area contributed by atoms with E-state index in [1.165, 1.54) is 38.5 Å². The van der Waals surface area contributed by atoms with Crippen molar-refractivity contribution in [1.82, 2.24) is 9.80 Å². The minimum absolute atomic E-state index is 0.0488. The van der Waals surface area contributed by atoms with E-state index < -0.39 is 0 Å². The maximum absolute atomic E-state index is 12.9. The minimum atomic E-state index is -0.0488. The van der Waals surface area contributed by atoms with Gasteiger partial charge in [0.1, 0.15) is 0 Å². The molecular weight excluding hydrogens is 312 g/mol. The van der Waals surface area contributed by atoms with Gasteiger partial charge in [0.2, 0.25) is 11.8 Å². The quantitative estimate of drug-likeness (QED) is 0.766. The summed E-state index contributed by atoms with van der Waals surface area (Å²) in [5.74, 6) is 0.625. The monoisotopic (exact) mass is 348 g/mol. The van der Waals surface area contributed by atoms with Gasteiger partial charge in [-0.2, -0.15) is 0 Å². The van der Waals surface area contributed by atoms with Gasteiger partial charge in [0.25, 0.3) is 0 Å². The second-order valence-corrected chi connectivity index (χ2v) is 8.65. The van der Waals surface area contributed by atoms with Crippen LogP contribution in [0.1, 0.15) is 89.9 Å². The van der Waals surface area contributed by atoms with Crippen LogP contribution in [0.15, 0.2) is 0 Å². The second-order valence-electron chi connectivity index (χ2n) is 8.65. The maximum Gasteiger partial charge on any atom is 0.223 e. The van der Waals surface area contributed by atoms with Crippen molar-refractivity contribution in [3.63, 3.8) is 0 Å². The van der Waals surface area contributed by atoms with E-state index in [0.717, 1.165) is 64.7 Å². The van der Waals surface area contributed by atoms with Crippen LogP contribution in [-0.4, -0.2) is 47.8 Å². The van der Waals surface area contributed by atoms with Gasteiger partial charge < -0.3 is 9.80 Å². The number of carbonyl (C=O) groups is 2. The van der Waals surface area contributed by atoms with Crippen LogP contribution in [0.3, 0.4) is 0 Å². The highest BCUT2D eigenvalue weighted by Crippen LogP contribution is 2.45. The molecule has 0 aromatic carbocycles. The molecule has 0 radical (unpaired) electrons. The molecule has 3 aliphatic rings. The van der Waals surface area contributed by atoms with Crippen molar-refractivity contribution in [3.05, 3.63) is 0 Å². The molecule has 0 aromatic heterocycles. The second kappa shape index (κ2) is 9.05. The molecule has 1 saturated carbocycles. The predicted octanol–water partition coefficient (Wildman–Crippen LogP) is 4.13. The summed E-state index contributed by atoms with van der Waals surface area (Å²) in [5.41, 5.74) is -0.0488. The first-order chi connectivity index (χ1) is 12.2. The summed E-state index contributed by atoms with van der Waals surface area (Å²) in [6.45, 7) is 3.70. The third-order valence-corrected chi connectivity index (χ3v) is 6.63. The van der Waals surface area contributed by atoms with E-state index in [2.05, 4.69) is 9.80 Å². The van der Waals surface area contributed by atoms with Crippen LogP contribution in [0.25, 0.3) is 0 Å². The molecular formula is C21H36N2O2. The summed E-state index contributed by atoms with van der Waals surface area (Å²) in [6.07, 6.45) is 15.3. The van der Waals surface area contributed by atoms with Crippen LogP contribution >= 0.6 is 0 Å². The van der Waals surface area contributed by atoms with Crippen molar-refractivity contribution in [3.8, 4) is 0 Å². The van der Waals surface area contributed by atoms with Gasteiger partial charge in [-0.15, -0.1) is 0 Å². The summed E-state index contributed by atoms with van der Waals surface area (Å²) in [6, 6.07) is 0. The lowest BCUT2D eigenvalue weighted by Crippen LogP contribution is -2.39. The zero-order valence-corrected chi connectivity index (χ0v) is 15.9. The van der Waals surface area contributed by atoms with Crippen molar-refractivity contribution < 1.29 is 9.59 Å². The van der Waals surface area contributed by atoms with Crippen molar-refractivity contribution in [1.29, 1.82) is 0 Å². The molecule has 0 atom stereocenters. The first-order valence-corrected chi connectivity index (χ1v) is 10.7. The Kier molecular flexibility index (Phi) is 6.77. The molecule has 0 aromatic rings. The van der Waals surface area contributed by atoms with Crippen LogP contribution in [0.2, 0.25) is 0 Å². The highest BCUT2D eigenvalue weighted by Gasteiger charge is 2.40. The molecule has 4 heteroatoms. The van der Waals surface area contributed by atoms with Gasteiger partial charge in [-0.3, -0.25) is 9.59 Å². The van der Waals surface area contributed by atoms with Gasteiger partial charge in [-0.05, 0) is 43.9 Å². The fraction of sp³-hybridized carbons (Fsp3) is 0.905. The molecule has 0 unspecified atom stereocenters. The Labute approximate surface area is 153 Å². The lowest BCUT2D eigenvalue weighted by Gasteiger charge is -2.33. The Morgan fingerprint density at radius 2 is 0.920 bits per heavy atom. The van der Waals surface area contributed by atoms with E-state index in [1.54, 1.807) is 0 Å². The molecule has 3 fully saturated rings. The number of nitrogens with zero attached hydrogens (tertiary/aromatic N) is 2. The topological polar surface area (TPSA) is 40.6 Å². The highest BCUT2D eigenvalue weighted by atomic mass is 16.2. The molecule has 1 aliphatic carbocycles. The van der Waals surface area contributed by atoms with E-state index in [1.807, 2.05) is 0 Å². The van der Waals surface area contributed by atoms with Gasteiger partial charge in [0.15, 0.2) is 0 Å². The van der Waals surface area contributed by atoms with Crippen molar-refractivity contribution >= 4 is 11.8 Å². The third-order valence-electron chi connectivity index (χ3n) is 6.63. The van der Waals surface area contributed by atoms with Crippen LogP contribution < -0.4 is 0 Å². The van der Waals surface area contributed by atoms with Crippen molar-refractivity contribution in [2.45, 2.75) is 89.9 Å².